The third-order valence-electron chi connectivity index (χ3n) is 3.26. The van der Waals surface area contributed by atoms with E-state index in [9.17, 15) is 5.26 Å². The summed E-state index contributed by atoms with van der Waals surface area (Å²) >= 11 is 0. The van der Waals surface area contributed by atoms with Crippen LogP contribution in [-0.4, -0.2) is 24.3 Å². The van der Waals surface area contributed by atoms with Crippen molar-refractivity contribution in [2.24, 2.45) is 0 Å². The van der Waals surface area contributed by atoms with E-state index in [1.807, 2.05) is 30.3 Å². The zero-order valence-corrected chi connectivity index (χ0v) is 10.5. The van der Waals surface area contributed by atoms with Crippen molar-refractivity contribution < 1.29 is 9.47 Å². The Bertz CT molecular complexity index is 628. The number of fused-ring (bicyclic) bond motifs is 1. The second-order valence-corrected chi connectivity index (χ2v) is 4.58. The molecule has 1 aliphatic heterocycles. The molecule has 0 N–H and O–H groups in total. The number of rotatable bonds is 2. The number of aromatic nitrogens is 1. The van der Waals surface area contributed by atoms with Gasteiger partial charge in [0.15, 0.2) is 0 Å². The Hall–Kier alpha value is -2.12. The molecule has 1 saturated heterocycles. The lowest BCUT2D eigenvalue weighted by molar-refractivity contribution is 0.0237. The van der Waals surface area contributed by atoms with E-state index in [1.165, 1.54) is 0 Å². The van der Waals surface area contributed by atoms with Crippen LogP contribution in [0.2, 0.25) is 0 Å². The van der Waals surface area contributed by atoms with Gasteiger partial charge in [-0.05, 0) is 12.1 Å². The lowest BCUT2D eigenvalue weighted by Crippen LogP contribution is -2.26. The van der Waals surface area contributed by atoms with Gasteiger partial charge in [0.25, 0.3) is 0 Å². The van der Waals surface area contributed by atoms with E-state index in [4.69, 9.17) is 9.47 Å². The summed E-state index contributed by atoms with van der Waals surface area (Å²) in [5.74, 6) is 0.438. The zero-order valence-electron chi connectivity index (χ0n) is 10.5. The molecule has 0 saturated carbocycles. The van der Waals surface area contributed by atoms with Crippen LogP contribution in [0.5, 0.6) is 5.88 Å². The highest BCUT2D eigenvalue weighted by molar-refractivity contribution is 5.80. The van der Waals surface area contributed by atoms with Gasteiger partial charge in [0.2, 0.25) is 5.88 Å². The van der Waals surface area contributed by atoms with Gasteiger partial charge in [-0.2, -0.15) is 5.26 Å². The molecule has 19 heavy (non-hydrogen) atoms. The highest BCUT2D eigenvalue weighted by Gasteiger charge is 2.18. The minimum absolute atomic E-state index is 0.0921. The monoisotopic (exact) mass is 254 g/mol. The Balaban J connectivity index is 1.94. The molecule has 2 heterocycles. The number of hydrogen-bond acceptors (Lipinski definition) is 4. The van der Waals surface area contributed by atoms with Gasteiger partial charge in [0.05, 0.1) is 18.7 Å². The molecule has 0 amide bonds. The summed E-state index contributed by atoms with van der Waals surface area (Å²) in [6, 6.07) is 11.7. The van der Waals surface area contributed by atoms with Crippen LogP contribution in [0.1, 0.15) is 18.4 Å². The number of ether oxygens (including phenoxy) is 2. The van der Waals surface area contributed by atoms with E-state index in [1.54, 1.807) is 0 Å². The van der Waals surface area contributed by atoms with Gasteiger partial charge in [-0.15, -0.1) is 0 Å². The second kappa shape index (κ2) is 5.25. The topological polar surface area (TPSA) is 55.1 Å². The molecule has 0 aliphatic carbocycles. The van der Waals surface area contributed by atoms with Crippen molar-refractivity contribution in [1.29, 1.82) is 5.26 Å². The van der Waals surface area contributed by atoms with Gasteiger partial charge in [-0.1, -0.05) is 18.2 Å². The van der Waals surface area contributed by atoms with Crippen LogP contribution in [0.4, 0.5) is 0 Å². The molecule has 0 bridgehead atoms. The molecule has 3 rings (SSSR count). The van der Waals surface area contributed by atoms with Crippen molar-refractivity contribution in [1.82, 2.24) is 4.98 Å². The molecule has 4 nitrogen and oxygen atoms in total. The van der Waals surface area contributed by atoms with Gasteiger partial charge in [0, 0.05) is 18.2 Å². The maximum absolute atomic E-state index is 9.21. The van der Waals surface area contributed by atoms with E-state index in [-0.39, 0.29) is 6.10 Å². The third kappa shape index (κ3) is 2.51. The molecule has 0 atom stereocenters. The average Bonchev–Trinajstić information content (AvgIpc) is 2.47. The fraction of sp³-hybridized carbons (Fsp3) is 0.333. The summed E-state index contributed by atoms with van der Waals surface area (Å²) < 4.78 is 11.2. The first kappa shape index (κ1) is 11.9. The molecular formula is C15H14N2O2. The Labute approximate surface area is 111 Å². The van der Waals surface area contributed by atoms with Crippen LogP contribution in [0.25, 0.3) is 10.9 Å². The Kier molecular flexibility index (Phi) is 3.30. The number of hydrogen-bond donors (Lipinski definition) is 0. The van der Waals surface area contributed by atoms with Crippen LogP contribution in [0, 0.1) is 11.3 Å². The van der Waals surface area contributed by atoms with Gasteiger partial charge >= 0.3 is 0 Å². The summed E-state index contributed by atoms with van der Waals surface area (Å²) in [7, 11) is 0. The van der Waals surface area contributed by atoms with E-state index in [2.05, 4.69) is 11.1 Å². The van der Waals surface area contributed by atoms with Crippen molar-refractivity contribution in [3.05, 3.63) is 35.9 Å². The number of para-hydroxylation sites is 1. The Morgan fingerprint density at radius 3 is 2.84 bits per heavy atom. The minimum Gasteiger partial charge on any atom is -0.473 e. The van der Waals surface area contributed by atoms with E-state index < -0.39 is 0 Å². The number of nitriles is 1. The van der Waals surface area contributed by atoms with Crippen molar-refractivity contribution in [2.75, 3.05) is 13.2 Å². The van der Waals surface area contributed by atoms with E-state index in [0.29, 0.717) is 24.7 Å². The molecule has 0 unspecified atom stereocenters. The molecule has 0 radical (unpaired) electrons. The lowest BCUT2D eigenvalue weighted by atomic mass is 10.1. The molecule has 4 heteroatoms. The fourth-order valence-electron chi connectivity index (χ4n) is 2.22. The first-order valence-corrected chi connectivity index (χ1v) is 6.41. The smallest absolute Gasteiger partial charge is 0.232 e. The van der Waals surface area contributed by atoms with Crippen LogP contribution < -0.4 is 4.74 Å². The van der Waals surface area contributed by atoms with Crippen molar-refractivity contribution in [3.8, 4) is 11.9 Å². The van der Waals surface area contributed by atoms with Crippen LogP contribution in [-0.2, 0) is 4.74 Å². The quantitative estimate of drug-likeness (QED) is 0.826. The van der Waals surface area contributed by atoms with Crippen molar-refractivity contribution in [3.63, 3.8) is 0 Å². The molecule has 96 valence electrons. The maximum Gasteiger partial charge on any atom is 0.232 e. The van der Waals surface area contributed by atoms with Gasteiger partial charge in [-0.3, -0.25) is 0 Å². The minimum atomic E-state index is 0.0921. The molecule has 0 spiro atoms. The standard InChI is InChI=1S/C15H14N2O2/c16-10-12-9-11-3-1-2-4-14(11)17-15(12)19-13-5-7-18-8-6-13/h1-4,9,13H,5-8H2. The molecule has 1 aliphatic rings. The van der Waals surface area contributed by atoms with Crippen LogP contribution in [0.3, 0.4) is 0 Å². The molecule has 1 fully saturated rings. The summed E-state index contributed by atoms with van der Waals surface area (Å²) in [6.45, 7) is 1.42. The Morgan fingerprint density at radius 2 is 2.05 bits per heavy atom. The zero-order chi connectivity index (χ0) is 13.1. The normalized spacial score (nSPS) is 16.2. The number of benzene rings is 1. The van der Waals surface area contributed by atoms with Crippen LogP contribution in [0.15, 0.2) is 30.3 Å². The second-order valence-electron chi connectivity index (χ2n) is 4.58. The van der Waals surface area contributed by atoms with Gasteiger partial charge in [0.1, 0.15) is 17.7 Å². The SMILES string of the molecule is N#Cc1cc2ccccc2nc1OC1CCOCC1. The van der Waals surface area contributed by atoms with E-state index in [0.717, 1.165) is 23.7 Å². The van der Waals surface area contributed by atoms with Crippen molar-refractivity contribution >= 4 is 10.9 Å². The largest absolute Gasteiger partial charge is 0.473 e. The average molecular weight is 254 g/mol. The molecule has 1 aromatic heterocycles. The first-order chi connectivity index (χ1) is 9.36. The van der Waals surface area contributed by atoms with Gasteiger partial charge in [-0.25, -0.2) is 4.98 Å². The van der Waals surface area contributed by atoms with Gasteiger partial charge < -0.3 is 9.47 Å². The number of nitrogens with zero attached hydrogens (tertiary/aromatic N) is 2. The summed E-state index contributed by atoms with van der Waals surface area (Å²) in [6.07, 6.45) is 1.79. The summed E-state index contributed by atoms with van der Waals surface area (Å²) in [4.78, 5) is 4.45. The predicted molar refractivity (Wildman–Crippen MR) is 70.9 cm³/mol. The summed E-state index contributed by atoms with van der Waals surface area (Å²) in [5.41, 5.74) is 1.34. The highest BCUT2D eigenvalue weighted by Crippen LogP contribution is 2.24. The summed E-state index contributed by atoms with van der Waals surface area (Å²) in [5, 5.41) is 10.2. The third-order valence-corrected chi connectivity index (χ3v) is 3.26. The van der Waals surface area contributed by atoms with Crippen LogP contribution >= 0.6 is 0 Å². The number of pyridine rings is 1. The lowest BCUT2D eigenvalue weighted by Gasteiger charge is -2.23. The highest BCUT2D eigenvalue weighted by atomic mass is 16.5. The predicted octanol–water partition coefficient (Wildman–Crippen LogP) is 2.66. The Morgan fingerprint density at radius 1 is 1.26 bits per heavy atom. The fourth-order valence-corrected chi connectivity index (χ4v) is 2.22. The van der Waals surface area contributed by atoms with Crippen molar-refractivity contribution in [2.45, 2.75) is 18.9 Å². The molecular weight excluding hydrogens is 240 g/mol. The molecule has 2 aromatic rings. The van der Waals surface area contributed by atoms with E-state index >= 15 is 0 Å². The maximum atomic E-state index is 9.21. The molecule has 1 aromatic carbocycles. The first-order valence-electron chi connectivity index (χ1n) is 6.41.